The van der Waals surface area contributed by atoms with Crippen LogP contribution in [0.5, 0.6) is 0 Å². The molecule has 2 aliphatic heterocycles. The van der Waals surface area contributed by atoms with Gasteiger partial charge in [-0.05, 0) is 80.2 Å². The number of aliphatic carboxylic acids is 1. The van der Waals surface area contributed by atoms with Crippen molar-refractivity contribution in [2.24, 2.45) is 23.7 Å². The van der Waals surface area contributed by atoms with Crippen molar-refractivity contribution >= 4 is 53.0 Å². The number of likely N-dealkylation sites (tertiary alicyclic amines) is 1. The number of rotatable bonds is 31. The number of nitrogens with zero attached hydrogens (tertiary/aromatic N) is 5. The summed E-state index contributed by atoms with van der Waals surface area (Å²) in [5.74, 6) is -4.34. The van der Waals surface area contributed by atoms with Gasteiger partial charge in [0.25, 0.3) is 11.8 Å². The average molecular weight is 1060 g/mol. The molecule has 1 fully saturated rings. The van der Waals surface area contributed by atoms with Gasteiger partial charge in [-0.15, -0.1) is 0 Å². The van der Waals surface area contributed by atoms with Crippen LogP contribution in [-0.2, 0) is 60.7 Å². The van der Waals surface area contributed by atoms with Crippen LogP contribution in [0.3, 0.4) is 0 Å². The first-order chi connectivity index (χ1) is 36.1. The molecule has 0 bridgehead atoms. The quantitative estimate of drug-likeness (QED) is 0.0630. The van der Waals surface area contributed by atoms with E-state index in [0.29, 0.717) is 71.0 Å². The van der Waals surface area contributed by atoms with Gasteiger partial charge in [-0.2, -0.15) is 0 Å². The fourth-order valence-corrected chi connectivity index (χ4v) is 10.7. The molecule has 18 heteroatoms. The van der Waals surface area contributed by atoms with Crippen LogP contribution in [0.25, 0.3) is 0 Å². The molecule has 0 aromatic heterocycles. The second kappa shape index (κ2) is 30.1. The zero-order chi connectivity index (χ0) is 56.4. The van der Waals surface area contributed by atoms with E-state index >= 15 is 0 Å². The number of likely N-dealkylation sites (N-methyl/N-ethyl adjacent to an activating group) is 2. The highest BCUT2D eigenvalue weighted by molar-refractivity contribution is 6.12. The summed E-state index contributed by atoms with van der Waals surface area (Å²) in [6.07, 6.45) is 6.04. The molecule has 2 aliphatic rings. The Balaban J connectivity index is 1.37. The van der Waals surface area contributed by atoms with Crippen molar-refractivity contribution in [2.75, 3.05) is 59.9 Å². The highest BCUT2D eigenvalue weighted by atomic mass is 16.5. The number of imide groups is 1. The second-order valence-corrected chi connectivity index (χ2v) is 21.4. The maximum absolute atomic E-state index is 14.7. The molecule has 0 spiro atoms. The van der Waals surface area contributed by atoms with Crippen LogP contribution in [0.2, 0.25) is 0 Å². The molecule has 18 nitrogen and oxygen atoms in total. The predicted molar refractivity (Wildman–Crippen MR) is 292 cm³/mol. The normalized spacial score (nSPS) is 17.8. The predicted octanol–water partition coefficient (Wildman–Crippen LogP) is 5.51. The Labute approximate surface area is 451 Å². The molecule has 0 radical (unpaired) electrons. The van der Waals surface area contributed by atoms with Gasteiger partial charge in [0.15, 0.2) is 0 Å². The van der Waals surface area contributed by atoms with Crippen molar-refractivity contribution in [3.05, 3.63) is 77.9 Å². The molecule has 420 valence electrons. The summed E-state index contributed by atoms with van der Waals surface area (Å²) in [5.41, 5.74) is 2.55. The second-order valence-electron chi connectivity index (χ2n) is 21.4. The molecule has 0 unspecified atom stereocenters. The van der Waals surface area contributed by atoms with Crippen molar-refractivity contribution in [1.29, 1.82) is 0 Å². The third-order valence-corrected chi connectivity index (χ3v) is 15.4. The first-order valence-corrected chi connectivity index (χ1v) is 27.1. The Hall–Kier alpha value is -5.98. The number of carboxylic acid groups (broad SMARTS) is 1. The molecule has 76 heavy (non-hydrogen) atoms. The molecular formula is C58H87N7O11. The molecule has 3 N–H and O–H groups in total. The van der Waals surface area contributed by atoms with Crippen LogP contribution >= 0.6 is 0 Å². The maximum atomic E-state index is 14.7. The third-order valence-electron chi connectivity index (χ3n) is 15.4. The number of carbonyl (C=O) groups excluding carboxylic acids is 7. The Morgan fingerprint density at radius 1 is 0.789 bits per heavy atom. The van der Waals surface area contributed by atoms with Gasteiger partial charge in [-0.1, -0.05) is 104 Å². The van der Waals surface area contributed by atoms with Crippen LogP contribution in [0.4, 0.5) is 5.69 Å². The Bertz CT molecular complexity index is 2270. The topological polar surface area (TPSA) is 216 Å². The van der Waals surface area contributed by atoms with Crippen LogP contribution in [-0.4, -0.2) is 169 Å². The molecular weight excluding hydrogens is 971 g/mol. The largest absolute Gasteiger partial charge is 0.480 e. The van der Waals surface area contributed by atoms with Crippen molar-refractivity contribution in [3.8, 4) is 0 Å². The highest BCUT2D eigenvalue weighted by Crippen LogP contribution is 2.30. The summed E-state index contributed by atoms with van der Waals surface area (Å²) >= 11 is 0. The molecule has 9 atom stereocenters. The summed E-state index contributed by atoms with van der Waals surface area (Å²) in [7, 11) is 8.36. The van der Waals surface area contributed by atoms with Crippen molar-refractivity contribution in [3.63, 3.8) is 0 Å². The molecule has 0 saturated carbocycles. The first kappa shape index (κ1) is 62.6. The van der Waals surface area contributed by atoms with Gasteiger partial charge in [0.1, 0.15) is 12.1 Å². The number of benzene rings is 2. The number of ether oxygens (including phenoxy) is 2. The van der Waals surface area contributed by atoms with Gasteiger partial charge < -0.3 is 39.9 Å². The number of nitrogens with one attached hydrogen (secondary N) is 2. The summed E-state index contributed by atoms with van der Waals surface area (Å²) in [5, 5.41) is 15.8. The van der Waals surface area contributed by atoms with Crippen LogP contribution in [0, 0.1) is 23.7 Å². The van der Waals surface area contributed by atoms with Gasteiger partial charge >= 0.3 is 5.97 Å². The minimum Gasteiger partial charge on any atom is -0.480 e. The van der Waals surface area contributed by atoms with E-state index < -0.39 is 60.2 Å². The number of anilines is 1. The minimum absolute atomic E-state index is 0.0317. The smallest absolute Gasteiger partial charge is 0.326 e. The van der Waals surface area contributed by atoms with Gasteiger partial charge in [-0.25, -0.2) is 4.79 Å². The molecule has 4 rings (SSSR count). The summed E-state index contributed by atoms with van der Waals surface area (Å²) < 4.78 is 12.0. The zero-order valence-electron chi connectivity index (χ0n) is 47.2. The monoisotopic (exact) mass is 1060 g/mol. The third kappa shape index (κ3) is 17.0. The Morgan fingerprint density at radius 3 is 2.00 bits per heavy atom. The Morgan fingerprint density at radius 2 is 1.43 bits per heavy atom. The molecule has 2 aromatic rings. The number of hydrogen-bond acceptors (Lipinski definition) is 11. The zero-order valence-corrected chi connectivity index (χ0v) is 47.2. The number of hydrogen-bond donors (Lipinski definition) is 3. The van der Waals surface area contributed by atoms with E-state index in [1.165, 1.54) is 31.3 Å². The summed E-state index contributed by atoms with van der Waals surface area (Å²) in [6, 6.07) is 13.2. The van der Waals surface area contributed by atoms with Crippen LogP contribution in [0.1, 0.15) is 111 Å². The van der Waals surface area contributed by atoms with Gasteiger partial charge in [-0.3, -0.25) is 43.4 Å². The standard InChI is InChI=1S/C58H87N7O11/c1-13-39(6)53(46(75-11)36-50(69)64-33-20-23-45(64)54(76-12)40(7)55(70)59-44(58(73)74)35-42-21-16-14-17-22-42)63(10)57(72)51(37(2)3)60-56(71)52(38(4)5)61(8)34-31-41-25-27-43(28-26-41)62(9)47(66)24-18-15-19-32-65-48(67)29-30-49(65)68/h14,16-17,21-22,25-30,37-40,44-46,51-54H,13,15,18-20,23-24,31-36H2,1-12H3,(H,59,70)(H,60,71)(H,73,74)/t39-,40+,44-,45-,46+,51-,52-,53-,54+/m0/s1. The number of methoxy groups -OCH3 is 2. The fourth-order valence-electron chi connectivity index (χ4n) is 10.7. The average Bonchev–Trinajstić information content (AvgIpc) is 4.01. The highest BCUT2D eigenvalue weighted by Gasteiger charge is 2.44. The van der Waals surface area contributed by atoms with E-state index in [2.05, 4.69) is 10.6 Å². The lowest BCUT2D eigenvalue weighted by Gasteiger charge is -2.41. The van der Waals surface area contributed by atoms with E-state index in [9.17, 15) is 43.5 Å². The van der Waals surface area contributed by atoms with Crippen LogP contribution in [0.15, 0.2) is 66.7 Å². The minimum atomic E-state index is -1.16. The first-order valence-electron chi connectivity index (χ1n) is 27.1. The molecule has 2 heterocycles. The summed E-state index contributed by atoms with van der Waals surface area (Å²) in [6.45, 7) is 14.8. The number of carboxylic acids is 1. The Kier molecular flexibility index (Phi) is 24.8. The lowest BCUT2D eigenvalue weighted by Crippen LogP contribution is -2.60. The van der Waals surface area contributed by atoms with E-state index in [4.69, 9.17) is 9.47 Å². The van der Waals surface area contributed by atoms with E-state index in [0.717, 1.165) is 16.8 Å². The molecule has 1 saturated heterocycles. The number of amides is 7. The maximum Gasteiger partial charge on any atom is 0.326 e. The van der Waals surface area contributed by atoms with Crippen molar-refractivity contribution in [2.45, 2.75) is 155 Å². The summed E-state index contributed by atoms with van der Waals surface area (Å²) in [4.78, 5) is 114. The van der Waals surface area contributed by atoms with Crippen molar-refractivity contribution < 1.29 is 52.9 Å². The number of unbranched alkanes of at least 4 members (excludes halogenated alkanes) is 2. The van der Waals surface area contributed by atoms with Gasteiger partial charge in [0.2, 0.25) is 29.5 Å². The van der Waals surface area contributed by atoms with Crippen molar-refractivity contribution in [1.82, 2.24) is 30.2 Å². The molecule has 2 aromatic carbocycles. The molecule has 7 amide bonds. The van der Waals surface area contributed by atoms with E-state index in [-0.39, 0.29) is 66.0 Å². The lowest BCUT2D eigenvalue weighted by molar-refractivity contribution is -0.148. The lowest BCUT2D eigenvalue weighted by atomic mass is 9.89. The number of carbonyl (C=O) groups is 8. The van der Waals surface area contributed by atoms with Gasteiger partial charge in [0, 0.05) is 78.6 Å². The van der Waals surface area contributed by atoms with Crippen LogP contribution < -0.4 is 15.5 Å². The van der Waals surface area contributed by atoms with E-state index in [1.807, 2.05) is 96.0 Å². The fraction of sp³-hybridized carbons (Fsp3) is 0.621. The van der Waals surface area contributed by atoms with Gasteiger partial charge in [0.05, 0.1) is 42.7 Å². The SMILES string of the molecule is CC[C@H](C)[C@@H]([C@@H](CC(=O)N1CCC[C@H]1[C@H](OC)[C@@H](C)C(=O)N[C@@H](Cc1ccccc1)C(=O)O)OC)N(C)C(=O)[C@@H](NC(=O)[C@H](C(C)C)N(C)CCc1ccc(N(C)C(=O)CCCCCN2C(=O)C=CC2=O)cc1)C(C)C. The van der Waals surface area contributed by atoms with E-state index in [1.54, 1.807) is 47.9 Å². The molecule has 0 aliphatic carbocycles.